The quantitative estimate of drug-likeness (QED) is 0.694. The minimum atomic E-state index is -1.11. The van der Waals surface area contributed by atoms with Crippen LogP contribution in [0.2, 0.25) is 0 Å². The third kappa shape index (κ3) is 2.71. The van der Waals surface area contributed by atoms with E-state index in [9.17, 15) is 19.5 Å². The lowest BCUT2D eigenvalue weighted by atomic mass is 9.80. The molecule has 1 aliphatic carbocycles. The molecule has 2 aromatic carbocycles. The molecule has 2 aromatic rings. The van der Waals surface area contributed by atoms with Gasteiger partial charge in [-0.15, -0.1) is 0 Å². The first kappa shape index (κ1) is 16.9. The highest BCUT2D eigenvalue weighted by molar-refractivity contribution is 6.29. The van der Waals surface area contributed by atoms with Crippen molar-refractivity contribution in [1.82, 2.24) is 0 Å². The Morgan fingerprint density at radius 2 is 1.72 bits per heavy atom. The van der Waals surface area contributed by atoms with Gasteiger partial charge in [-0.25, -0.2) is 4.79 Å². The van der Waals surface area contributed by atoms with E-state index < -0.39 is 5.97 Å². The lowest BCUT2D eigenvalue weighted by Crippen LogP contribution is -2.24. The largest absolute Gasteiger partial charge is 0.478 e. The number of fused-ring (bicyclic) bond motifs is 2. The van der Waals surface area contributed by atoms with E-state index in [2.05, 4.69) is 5.32 Å². The van der Waals surface area contributed by atoms with E-state index >= 15 is 0 Å². The van der Waals surface area contributed by atoms with Gasteiger partial charge in [0.1, 0.15) is 0 Å². The summed E-state index contributed by atoms with van der Waals surface area (Å²) in [5.41, 5.74) is 1.92. The third-order valence-electron chi connectivity index (χ3n) is 4.52. The van der Waals surface area contributed by atoms with Gasteiger partial charge < -0.3 is 10.4 Å². The van der Waals surface area contributed by atoms with Gasteiger partial charge in [-0.3, -0.25) is 9.59 Å². The van der Waals surface area contributed by atoms with Gasteiger partial charge in [-0.2, -0.15) is 0 Å². The number of aromatic carboxylic acids is 1. The van der Waals surface area contributed by atoms with Crippen molar-refractivity contribution in [1.29, 1.82) is 0 Å². The number of carbonyl (C=O) groups is 3. The van der Waals surface area contributed by atoms with Crippen LogP contribution in [0.3, 0.4) is 0 Å². The Kier molecular flexibility index (Phi) is 4.40. The molecule has 0 bridgehead atoms. The summed E-state index contributed by atoms with van der Waals surface area (Å²) in [5.74, 6) is -1.66. The zero-order valence-corrected chi connectivity index (χ0v) is 14.2. The first-order valence-electron chi connectivity index (χ1n) is 8.30. The van der Waals surface area contributed by atoms with Crippen LogP contribution in [-0.4, -0.2) is 29.2 Å². The maximum Gasteiger partial charge on any atom is 0.338 e. The Bertz CT molecular complexity index is 899. The number of hydrogen-bond donors (Lipinski definition) is 2. The van der Waals surface area contributed by atoms with Crippen LogP contribution in [0.25, 0.3) is 0 Å². The molecule has 1 aliphatic rings. The number of carbonyl (C=O) groups excluding carboxylic acids is 2. The van der Waals surface area contributed by atoms with Gasteiger partial charge in [0.25, 0.3) is 0 Å². The molecule has 128 valence electrons. The van der Waals surface area contributed by atoms with E-state index in [1.54, 1.807) is 31.2 Å². The highest BCUT2D eigenvalue weighted by atomic mass is 16.4. The molecule has 0 radical (unpaired) electrons. The summed E-state index contributed by atoms with van der Waals surface area (Å²) in [6.07, 6.45) is 1.84. The average molecular weight is 337 g/mol. The molecule has 0 amide bonds. The van der Waals surface area contributed by atoms with Crippen LogP contribution in [0.4, 0.5) is 5.69 Å². The average Bonchev–Trinajstić information content (AvgIpc) is 2.59. The molecule has 0 fully saturated rings. The Morgan fingerprint density at radius 1 is 1.08 bits per heavy atom. The molecule has 0 spiro atoms. The van der Waals surface area contributed by atoms with Crippen molar-refractivity contribution in [3.8, 4) is 0 Å². The van der Waals surface area contributed by atoms with Gasteiger partial charge >= 0.3 is 5.97 Å². The van der Waals surface area contributed by atoms with Crippen LogP contribution in [0.5, 0.6) is 0 Å². The number of carboxylic acids is 1. The number of rotatable bonds is 5. The van der Waals surface area contributed by atoms with Gasteiger partial charge in [0, 0.05) is 34.5 Å². The Hall–Kier alpha value is -2.95. The summed E-state index contributed by atoms with van der Waals surface area (Å²) in [5, 5.41) is 12.7. The summed E-state index contributed by atoms with van der Waals surface area (Å²) in [4.78, 5) is 37.5. The first-order chi connectivity index (χ1) is 12.0. The second-order valence-electron chi connectivity index (χ2n) is 6.14. The molecule has 0 atom stereocenters. The normalized spacial score (nSPS) is 12.6. The topological polar surface area (TPSA) is 83.5 Å². The molecule has 25 heavy (non-hydrogen) atoms. The Labute approximate surface area is 145 Å². The molecular weight excluding hydrogens is 318 g/mol. The fourth-order valence-electron chi connectivity index (χ4n) is 3.26. The van der Waals surface area contributed by atoms with Crippen molar-refractivity contribution in [2.24, 2.45) is 0 Å². The van der Waals surface area contributed by atoms with Gasteiger partial charge in [0.2, 0.25) is 0 Å². The SMILES string of the molecule is CCCCNc1cc2c(c(C)c1C(=O)O)C(=O)c1ccccc1C2=O. The number of ketones is 2. The number of benzene rings is 2. The van der Waals surface area contributed by atoms with E-state index in [0.717, 1.165) is 12.8 Å². The first-order valence-corrected chi connectivity index (χ1v) is 8.30. The molecule has 0 saturated carbocycles. The lowest BCUT2D eigenvalue weighted by Gasteiger charge is -2.22. The fraction of sp³-hybridized carbons (Fsp3) is 0.250. The summed E-state index contributed by atoms with van der Waals surface area (Å²) < 4.78 is 0. The molecular formula is C20H19NO4. The van der Waals surface area contributed by atoms with E-state index in [0.29, 0.717) is 28.9 Å². The number of anilines is 1. The van der Waals surface area contributed by atoms with Crippen molar-refractivity contribution in [3.05, 3.63) is 63.7 Å². The number of unbranched alkanes of at least 4 members (excludes halogenated alkanes) is 1. The van der Waals surface area contributed by atoms with Crippen molar-refractivity contribution in [2.75, 3.05) is 11.9 Å². The fourth-order valence-corrected chi connectivity index (χ4v) is 3.26. The molecule has 0 heterocycles. The van der Waals surface area contributed by atoms with Crippen molar-refractivity contribution < 1.29 is 19.5 Å². The van der Waals surface area contributed by atoms with E-state index in [1.165, 1.54) is 6.07 Å². The second-order valence-corrected chi connectivity index (χ2v) is 6.14. The van der Waals surface area contributed by atoms with Gasteiger partial charge in [-0.05, 0) is 25.0 Å². The van der Waals surface area contributed by atoms with Crippen LogP contribution in [0.1, 0.15) is 67.5 Å². The van der Waals surface area contributed by atoms with E-state index in [-0.39, 0.29) is 28.3 Å². The van der Waals surface area contributed by atoms with Crippen LogP contribution in [-0.2, 0) is 0 Å². The summed E-state index contributed by atoms with van der Waals surface area (Å²) >= 11 is 0. The predicted molar refractivity (Wildman–Crippen MR) is 94.8 cm³/mol. The Morgan fingerprint density at radius 3 is 2.32 bits per heavy atom. The van der Waals surface area contributed by atoms with Crippen LogP contribution in [0, 0.1) is 6.92 Å². The minimum absolute atomic E-state index is 0.0513. The van der Waals surface area contributed by atoms with Crippen molar-refractivity contribution in [3.63, 3.8) is 0 Å². The molecule has 3 rings (SSSR count). The maximum atomic E-state index is 12.9. The maximum absolute atomic E-state index is 12.9. The highest BCUT2D eigenvalue weighted by Crippen LogP contribution is 2.34. The highest BCUT2D eigenvalue weighted by Gasteiger charge is 2.33. The number of carboxylic acid groups (broad SMARTS) is 1. The van der Waals surface area contributed by atoms with Gasteiger partial charge in [0.15, 0.2) is 11.6 Å². The zero-order chi connectivity index (χ0) is 18.1. The molecule has 5 heteroatoms. The van der Waals surface area contributed by atoms with Gasteiger partial charge in [0.05, 0.1) is 5.56 Å². The summed E-state index contributed by atoms with van der Waals surface area (Å²) in [6, 6.07) is 8.16. The monoisotopic (exact) mass is 337 g/mol. The van der Waals surface area contributed by atoms with E-state index in [4.69, 9.17) is 0 Å². The zero-order valence-electron chi connectivity index (χ0n) is 14.2. The summed E-state index contributed by atoms with van der Waals surface area (Å²) in [7, 11) is 0. The Balaban J connectivity index is 2.21. The predicted octanol–water partition coefficient (Wildman–Crippen LogP) is 3.68. The van der Waals surface area contributed by atoms with Crippen molar-refractivity contribution >= 4 is 23.2 Å². The van der Waals surface area contributed by atoms with Crippen LogP contribution >= 0.6 is 0 Å². The minimum Gasteiger partial charge on any atom is -0.478 e. The summed E-state index contributed by atoms with van der Waals surface area (Å²) in [6.45, 7) is 4.23. The van der Waals surface area contributed by atoms with Crippen LogP contribution < -0.4 is 5.32 Å². The smallest absolute Gasteiger partial charge is 0.338 e. The molecule has 0 unspecified atom stereocenters. The molecule has 0 saturated heterocycles. The molecule has 0 aromatic heterocycles. The molecule has 5 nitrogen and oxygen atoms in total. The van der Waals surface area contributed by atoms with Crippen molar-refractivity contribution in [2.45, 2.75) is 26.7 Å². The standard InChI is InChI=1S/C20H19NO4/c1-3-4-9-21-15-10-14-16(11(2)17(15)20(24)25)19(23)13-8-6-5-7-12(13)18(14)22/h5-8,10,21H,3-4,9H2,1-2H3,(H,24,25). The lowest BCUT2D eigenvalue weighted by molar-refractivity contribution is 0.0696. The third-order valence-corrected chi connectivity index (χ3v) is 4.52. The number of nitrogens with one attached hydrogen (secondary N) is 1. The van der Waals surface area contributed by atoms with Gasteiger partial charge in [-0.1, -0.05) is 37.6 Å². The van der Waals surface area contributed by atoms with Crippen LogP contribution in [0.15, 0.2) is 30.3 Å². The molecule has 0 aliphatic heterocycles. The van der Waals surface area contributed by atoms with E-state index in [1.807, 2.05) is 6.92 Å². The molecule has 2 N–H and O–H groups in total. The second kappa shape index (κ2) is 6.51. The number of hydrogen-bond acceptors (Lipinski definition) is 4.